The van der Waals surface area contributed by atoms with E-state index in [4.69, 9.17) is 22.1 Å². The molecule has 1 aliphatic rings. The number of rotatable bonds is 10. The van der Waals surface area contributed by atoms with Crippen LogP contribution in [0, 0.1) is 0 Å². The molecule has 6 N–H and O–H groups in total. The molecule has 1 aliphatic heterocycles. The van der Waals surface area contributed by atoms with Crippen molar-refractivity contribution in [2.75, 3.05) is 6.54 Å². The first-order chi connectivity index (χ1) is 18.9. The maximum Gasteiger partial charge on any atom is 0.408 e. The molecule has 1 saturated heterocycles. The third-order valence-corrected chi connectivity index (χ3v) is 6.32. The smallest absolute Gasteiger partial charge is 0.408 e. The zero-order chi connectivity index (χ0) is 31.1. The summed E-state index contributed by atoms with van der Waals surface area (Å²) in [6, 6.07) is 5.25. The predicted octanol–water partition coefficient (Wildman–Crippen LogP) is 0.967. The van der Waals surface area contributed by atoms with Gasteiger partial charge in [-0.1, -0.05) is 30.3 Å². The summed E-state index contributed by atoms with van der Waals surface area (Å²) in [5.74, 6) is -2.93. The molecule has 5 atom stereocenters. The largest absolute Gasteiger partial charge is 0.444 e. The fraction of sp³-hybridized carbons (Fsp3) is 0.607. The molecule has 5 amide bonds. The average molecular weight is 596 g/mol. The summed E-state index contributed by atoms with van der Waals surface area (Å²) in [7, 11) is 0. The predicted molar refractivity (Wildman–Crippen MR) is 153 cm³/mol. The second-order valence-corrected chi connectivity index (χ2v) is 12.8. The molecule has 0 aromatic heterocycles. The topological polar surface area (TPSA) is 180 Å². The van der Waals surface area contributed by atoms with Gasteiger partial charge >= 0.3 is 6.09 Å². The molecule has 1 aromatic carbocycles. The van der Waals surface area contributed by atoms with Gasteiger partial charge in [-0.15, -0.1) is 11.6 Å². The molecule has 0 spiro atoms. The molecule has 0 aliphatic carbocycles. The van der Waals surface area contributed by atoms with Gasteiger partial charge in [-0.05, 0) is 59.9 Å². The quantitative estimate of drug-likeness (QED) is 0.250. The van der Waals surface area contributed by atoms with Gasteiger partial charge < -0.3 is 36.4 Å². The molecular formula is C28H42ClN5O7. The number of nitrogens with one attached hydrogen (secondary N) is 3. The summed E-state index contributed by atoms with van der Waals surface area (Å²) in [5, 5.41) is 18.5. The fourth-order valence-electron chi connectivity index (χ4n) is 4.32. The molecule has 1 heterocycles. The van der Waals surface area contributed by atoms with Crippen LogP contribution in [0.1, 0.15) is 59.9 Å². The summed E-state index contributed by atoms with van der Waals surface area (Å²) in [6.07, 6.45) is -3.08. The summed E-state index contributed by atoms with van der Waals surface area (Å²) in [4.78, 5) is 65.1. The summed E-state index contributed by atoms with van der Waals surface area (Å²) >= 11 is 6.32. The van der Waals surface area contributed by atoms with Gasteiger partial charge in [0.15, 0.2) is 6.10 Å². The number of alkyl carbamates (subject to hydrolysis) is 1. The Morgan fingerprint density at radius 1 is 1.07 bits per heavy atom. The van der Waals surface area contributed by atoms with Crippen molar-refractivity contribution in [3.05, 3.63) is 35.9 Å². The number of alkyl halides is 1. The van der Waals surface area contributed by atoms with Crippen LogP contribution in [0.5, 0.6) is 0 Å². The Morgan fingerprint density at radius 3 is 2.22 bits per heavy atom. The monoisotopic (exact) mass is 595 g/mol. The number of nitrogens with two attached hydrogens (primary N) is 1. The molecule has 0 unspecified atom stereocenters. The lowest BCUT2D eigenvalue weighted by Crippen LogP contribution is -2.59. The third kappa shape index (κ3) is 11.2. The van der Waals surface area contributed by atoms with Crippen molar-refractivity contribution in [1.82, 2.24) is 20.9 Å². The van der Waals surface area contributed by atoms with Gasteiger partial charge in [-0.25, -0.2) is 4.79 Å². The van der Waals surface area contributed by atoms with Gasteiger partial charge in [0, 0.05) is 12.1 Å². The van der Waals surface area contributed by atoms with Crippen molar-refractivity contribution in [1.29, 1.82) is 0 Å². The maximum atomic E-state index is 13.6. The van der Waals surface area contributed by atoms with Crippen LogP contribution in [-0.4, -0.2) is 87.0 Å². The number of ether oxygens (including phenoxy) is 1. The lowest BCUT2D eigenvalue weighted by Gasteiger charge is -2.32. The first-order valence-corrected chi connectivity index (χ1v) is 13.9. The summed E-state index contributed by atoms with van der Waals surface area (Å²) in [6.45, 7) is 10.3. The van der Waals surface area contributed by atoms with Gasteiger partial charge in [0.2, 0.25) is 17.7 Å². The van der Waals surface area contributed by atoms with E-state index in [9.17, 15) is 29.1 Å². The van der Waals surface area contributed by atoms with Crippen molar-refractivity contribution in [3.8, 4) is 0 Å². The Balaban J connectivity index is 2.32. The summed E-state index contributed by atoms with van der Waals surface area (Å²) < 4.78 is 5.19. The lowest BCUT2D eigenvalue weighted by atomic mass is 9.99. The molecule has 0 bridgehead atoms. The highest BCUT2D eigenvalue weighted by Gasteiger charge is 2.43. The Morgan fingerprint density at radius 2 is 1.68 bits per heavy atom. The van der Waals surface area contributed by atoms with E-state index in [-0.39, 0.29) is 19.4 Å². The van der Waals surface area contributed by atoms with E-state index in [0.29, 0.717) is 5.56 Å². The Labute approximate surface area is 245 Å². The van der Waals surface area contributed by atoms with Crippen LogP contribution in [0.25, 0.3) is 0 Å². The highest BCUT2D eigenvalue weighted by molar-refractivity contribution is 6.21. The van der Waals surface area contributed by atoms with Crippen LogP contribution in [0.15, 0.2) is 30.3 Å². The highest BCUT2D eigenvalue weighted by atomic mass is 35.5. The number of aliphatic hydroxyl groups is 1. The van der Waals surface area contributed by atoms with Crippen LogP contribution in [0.3, 0.4) is 0 Å². The van der Waals surface area contributed by atoms with Crippen LogP contribution in [0.2, 0.25) is 0 Å². The molecule has 2 rings (SSSR count). The number of carbonyl (C=O) groups is 5. The molecule has 13 heteroatoms. The van der Waals surface area contributed by atoms with Crippen LogP contribution in [-0.2, 0) is 30.3 Å². The van der Waals surface area contributed by atoms with Crippen LogP contribution < -0.4 is 21.7 Å². The molecule has 0 saturated carbocycles. The van der Waals surface area contributed by atoms with E-state index in [1.54, 1.807) is 71.9 Å². The Bertz CT molecular complexity index is 1100. The Hall–Kier alpha value is -3.38. The minimum absolute atomic E-state index is 0.0201. The highest BCUT2D eigenvalue weighted by Crippen LogP contribution is 2.25. The van der Waals surface area contributed by atoms with E-state index < -0.39 is 76.9 Å². The van der Waals surface area contributed by atoms with Gasteiger partial charge in [0.1, 0.15) is 17.7 Å². The van der Waals surface area contributed by atoms with Gasteiger partial charge in [0.25, 0.3) is 5.91 Å². The molecule has 0 radical (unpaired) electrons. The maximum absolute atomic E-state index is 13.6. The zero-order valence-electron chi connectivity index (χ0n) is 24.4. The van der Waals surface area contributed by atoms with Crippen molar-refractivity contribution >= 4 is 41.3 Å². The third-order valence-electron chi connectivity index (χ3n) is 6.01. The van der Waals surface area contributed by atoms with E-state index in [1.807, 2.05) is 0 Å². The van der Waals surface area contributed by atoms with Crippen molar-refractivity contribution in [3.63, 3.8) is 0 Å². The minimum Gasteiger partial charge on any atom is -0.444 e. The lowest BCUT2D eigenvalue weighted by molar-refractivity contribution is -0.147. The molecule has 1 fully saturated rings. The van der Waals surface area contributed by atoms with E-state index in [0.717, 1.165) is 0 Å². The van der Waals surface area contributed by atoms with Gasteiger partial charge in [0.05, 0.1) is 17.8 Å². The normalized spacial score (nSPS) is 19.5. The number of benzene rings is 1. The number of hydrogen-bond acceptors (Lipinski definition) is 7. The SMILES string of the molecule is CC(C)(C)NC(=O)[C@@H]1C[C@H](Cl)CN1C(=O)[C@@H](O)[C@H](Cc1ccccc1)NC(=O)[C@H](CC(N)=O)NC(=O)OC(C)(C)C. The van der Waals surface area contributed by atoms with Crippen LogP contribution in [0.4, 0.5) is 4.79 Å². The fourth-order valence-corrected chi connectivity index (χ4v) is 4.64. The van der Waals surface area contributed by atoms with Crippen molar-refractivity contribution in [2.24, 2.45) is 5.73 Å². The number of primary amides is 1. The second kappa shape index (κ2) is 14.0. The number of carbonyl (C=O) groups excluding carboxylic acids is 5. The van der Waals surface area contributed by atoms with E-state index in [2.05, 4.69) is 16.0 Å². The van der Waals surface area contributed by atoms with Gasteiger partial charge in [-0.2, -0.15) is 0 Å². The molecule has 1 aromatic rings. The first-order valence-electron chi connectivity index (χ1n) is 13.4. The summed E-state index contributed by atoms with van der Waals surface area (Å²) in [5.41, 5.74) is 4.56. The molecule has 228 valence electrons. The van der Waals surface area contributed by atoms with Crippen molar-refractivity contribution in [2.45, 2.75) is 102 Å². The van der Waals surface area contributed by atoms with Crippen LogP contribution >= 0.6 is 11.6 Å². The molecule has 12 nitrogen and oxygen atoms in total. The zero-order valence-corrected chi connectivity index (χ0v) is 25.2. The first kappa shape index (κ1) is 33.8. The number of halogens is 1. The number of likely N-dealkylation sites (tertiary alicyclic amines) is 1. The van der Waals surface area contributed by atoms with E-state index >= 15 is 0 Å². The van der Waals surface area contributed by atoms with Gasteiger partial charge in [-0.3, -0.25) is 19.2 Å². The average Bonchev–Trinajstić information content (AvgIpc) is 3.22. The number of amides is 5. The molecular weight excluding hydrogens is 554 g/mol. The minimum atomic E-state index is -1.79. The van der Waals surface area contributed by atoms with E-state index in [1.165, 1.54) is 4.90 Å². The number of nitrogens with zero attached hydrogens (tertiary/aromatic N) is 1. The standard InChI is InChI=1S/C28H42ClN5O7/c1-27(2,3)33-24(38)20-13-17(29)15-34(20)25(39)22(36)18(12-16-10-8-7-9-11-16)31-23(37)19(14-21(30)35)32-26(40)41-28(4,5)6/h7-11,17-20,22,36H,12-15H2,1-6H3,(H2,30,35)(H,31,37)(H,32,40)(H,33,38)/t17-,18-,19-,20-,22-/m0/s1. The number of aliphatic hydroxyl groups excluding tert-OH is 1. The number of hydrogen-bond donors (Lipinski definition) is 5. The molecule has 41 heavy (non-hydrogen) atoms. The second-order valence-electron chi connectivity index (χ2n) is 12.2. The Kier molecular flexibility index (Phi) is 11.5. The van der Waals surface area contributed by atoms with Crippen molar-refractivity contribution < 1.29 is 33.8 Å².